The molecule has 5 nitrogen and oxygen atoms in total. The Balaban J connectivity index is 1.61. The zero-order valence-corrected chi connectivity index (χ0v) is 15.0. The highest BCUT2D eigenvalue weighted by Gasteiger charge is 2.17. The van der Waals surface area contributed by atoms with Crippen molar-refractivity contribution in [2.45, 2.75) is 0 Å². The molecule has 0 atom stereocenters. The van der Waals surface area contributed by atoms with Crippen molar-refractivity contribution in [1.82, 2.24) is 4.90 Å². The number of halogens is 1. The van der Waals surface area contributed by atoms with Crippen molar-refractivity contribution in [1.29, 1.82) is 5.26 Å². The Morgan fingerprint density at radius 3 is 2.46 bits per heavy atom. The Hall–Kier alpha value is -2.97. The largest absolute Gasteiger partial charge is 0.373 e. The summed E-state index contributed by atoms with van der Waals surface area (Å²) in [4.78, 5) is 16.6. The molecule has 0 aromatic heterocycles. The topological polar surface area (TPSA) is 59.4 Å². The van der Waals surface area contributed by atoms with Crippen molar-refractivity contribution in [2.75, 3.05) is 36.4 Å². The number of nitrogens with one attached hydrogen (secondary N) is 1. The van der Waals surface area contributed by atoms with Gasteiger partial charge in [-0.3, -0.25) is 4.79 Å². The molecule has 0 bridgehead atoms. The second-order valence-electron chi connectivity index (χ2n) is 5.98. The van der Waals surface area contributed by atoms with E-state index in [1.54, 1.807) is 30.5 Å². The molecule has 1 fully saturated rings. The Bertz CT molecular complexity index is 836. The number of piperazine rings is 1. The lowest BCUT2D eigenvalue weighted by atomic mass is 10.2. The minimum Gasteiger partial charge on any atom is -0.373 e. The van der Waals surface area contributed by atoms with E-state index in [0.717, 1.165) is 26.2 Å². The Labute approximate surface area is 158 Å². The van der Waals surface area contributed by atoms with Gasteiger partial charge in [0.15, 0.2) is 0 Å². The van der Waals surface area contributed by atoms with Gasteiger partial charge in [-0.15, -0.1) is 0 Å². The van der Waals surface area contributed by atoms with Crippen molar-refractivity contribution >= 4 is 28.9 Å². The molecule has 2 aromatic rings. The molecule has 1 heterocycles. The number of nitriles is 1. The number of rotatable bonds is 4. The maximum atomic E-state index is 12.3. The van der Waals surface area contributed by atoms with Gasteiger partial charge in [0, 0.05) is 48.8 Å². The number of carbonyl (C=O) groups excluding carboxylic acids is 1. The number of anilines is 2. The monoisotopic (exact) mass is 366 g/mol. The molecule has 1 saturated heterocycles. The highest BCUT2D eigenvalue weighted by molar-refractivity contribution is 6.31. The second-order valence-corrected chi connectivity index (χ2v) is 6.41. The molecule has 0 radical (unpaired) electrons. The van der Waals surface area contributed by atoms with Crippen molar-refractivity contribution in [3.8, 4) is 6.07 Å². The van der Waals surface area contributed by atoms with Gasteiger partial charge in [0.1, 0.15) is 11.6 Å². The van der Waals surface area contributed by atoms with Crippen molar-refractivity contribution in [3.05, 3.63) is 71.4 Å². The first-order valence-corrected chi connectivity index (χ1v) is 8.76. The van der Waals surface area contributed by atoms with E-state index in [4.69, 9.17) is 11.6 Å². The number of carbonyl (C=O) groups is 1. The van der Waals surface area contributed by atoms with Gasteiger partial charge in [-0.05, 0) is 30.3 Å². The number of benzene rings is 2. The minimum absolute atomic E-state index is 0.0816. The minimum atomic E-state index is -0.430. The smallest absolute Gasteiger partial charge is 0.267 e. The molecule has 1 N–H and O–H groups in total. The molecule has 1 aliphatic heterocycles. The standard InChI is InChI=1S/C20H19ClN4O/c21-17-5-4-6-18(13-17)23-20(26)16(14-22)15-24-9-11-25(12-10-24)19-7-2-1-3-8-19/h1-8,13,15H,9-12H2,(H,23,26). The van der Waals surface area contributed by atoms with Gasteiger partial charge in [0.05, 0.1) is 0 Å². The van der Waals surface area contributed by atoms with E-state index < -0.39 is 5.91 Å². The van der Waals surface area contributed by atoms with E-state index in [1.165, 1.54) is 5.69 Å². The number of hydrogen-bond donors (Lipinski definition) is 1. The van der Waals surface area contributed by atoms with Gasteiger partial charge in [-0.2, -0.15) is 5.26 Å². The van der Waals surface area contributed by atoms with Gasteiger partial charge in [0.25, 0.3) is 5.91 Å². The van der Waals surface area contributed by atoms with E-state index >= 15 is 0 Å². The summed E-state index contributed by atoms with van der Waals surface area (Å²) in [5.41, 5.74) is 1.84. The SMILES string of the molecule is N#CC(=CN1CCN(c2ccccc2)CC1)C(=O)Nc1cccc(Cl)c1. The van der Waals surface area contributed by atoms with Gasteiger partial charge in [-0.1, -0.05) is 35.9 Å². The highest BCUT2D eigenvalue weighted by atomic mass is 35.5. The van der Waals surface area contributed by atoms with E-state index in [0.29, 0.717) is 10.7 Å². The summed E-state index contributed by atoms with van der Waals surface area (Å²) >= 11 is 5.92. The van der Waals surface area contributed by atoms with Crippen LogP contribution in [0.3, 0.4) is 0 Å². The quantitative estimate of drug-likeness (QED) is 0.664. The molecule has 3 rings (SSSR count). The summed E-state index contributed by atoms with van der Waals surface area (Å²) in [5.74, 6) is -0.430. The van der Waals surface area contributed by atoms with E-state index in [-0.39, 0.29) is 5.57 Å². The molecule has 0 aliphatic carbocycles. The van der Waals surface area contributed by atoms with Crippen molar-refractivity contribution in [2.24, 2.45) is 0 Å². The fourth-order valence-corrected chi connectivity index (χ4v) is 3.02. The number of nitrogens with zero attached hydrogens (tertiary/aromatic N) is 3. The molecule has 6 heteroatoms. The van der Waals surface area contributed by atoms with Crippen LogP contribution < -0.4 is 10.2 Å². The summed E-state index contributed by atoms with van der Waals surface area (Å²) in [7, 11) is 0. The summed E-state index contributed by atoms with van der Waals surface area (Å²) in [6.07, 6.45) is 1.64. The lowest BCUT2D eigenvalue weighted by Gasteiger charge is -2.35. The van der Waals surface area contributed by atoms with Crippen LogP contribution >= 0.6 is 11.6 Å². The Morgan fingerprint density at radius 1 is 1.08 bits per heavy atom. The van der Waals surface area contributed by atoms with Crippen LogP contribution in [0.15, 0.2) is 66.4 Å². The molecule has 132 valence electrons. The zero-order chi connectivity index (χ0) is 18.4. The second kappa shape index (κ2) is 8.41. The van der Waals surface area contributed by atoms with Gasteiger partial charge in [0.2, 0.25) is 0 Å². The maximum absolute atomic E-state index is 12.3. The van der Waals surface area contributed by atoms with Crippen LogP contribution in [-0.4, -0.2) is 37.0 Å². The van der Waals surface area contributed by atoms with Crippen LogP contribution in [0.25, 0.3) is 0 Å². The fourth-order valence-electron chi connectivity index (χ4n) is 2.83. The summed E-state index contributed by atoms with van der Waals surface area (Å²) < 4.78 is 0. The molecule has 2 aromatic carbocycles. The normalized spacial score (nSPS) is 14.7. The molecular formula is C20H19ClN4O. The number of hydrogen-bond acceptors (Lipinski definition) is 4. The number of amides is 1. The predicted molar refractivity (Wildman–Crippen MR) is 104 cm³/mol. The molecule has 1 aliphatic rings. The average Bonchev–Trinajstić information content (AvgIpc) is 2.67. The van der Waals surface area contributed by atoms with Crippen LogP contribution in [0.2, 0.25) is 5.02 Å². The zero-order valence-electron chi connectivity index (χ0n) is 14.2. The van der Waals surface area contributed by atoms with Crippen molar-refractivity contribution in [3.63, 3.8) is 0 Å². The lowest BCUT2D eigenvalue weighted by molar-refractivity contribution is -0.112. The van der Waals surface area contributed by atoms with Crippen LogP contribution in [0.4, 0.5) is 11.4 Å². The molecular weight excluding hydrogens is 348 g/mol. The Morgan fingerprint density at radius 2 is 1.81 bits per heavy atom. The average molecular weight is 367 g/mol. The van der Waals surface area contributed by atoms with E-state index in [2.05, 4.69) is 22.3 Å². The van der Waals surface area contributed by atoms with Crippen LogP contribution in [0.5, 0.6) is 0 Å². The van der Waals surface area contributed by atoms with Gasteiger partial charge >= 0.3 is 0 Å². The van der Waals surface area contributed by atoms with Gasteiger partial charge in [-0.25, -0.2) is 0 Å². The van der Waals surface area contributed by atoms with Crippen molar-refractivity contribution < 1.29 is 4.79 Å². The molecule has 0 spiro atoms. The number of para-hydroxylation sites is 1. The van der Waals surface area contributed by atoms with Gasteiger partial charge < -0.3 is 15.1 Å². The lowest BCUT2D eigenvalue weighted by Crippen LogP contribution is -2.44. The molecule has 1 amide bonds. The van der Waals surface area contributed by atoms with Crippen LogP contribution in [0.1, 0.15) is 0 Å². The van der Waals surface area contributed by atoms with Crippen LogP contribution in [-0.2, 0) is 4.79 Å². The summed E-state index contributed by atoms with van der Waals surface area (Å²) in [5, 5.41) is 12.6. The first-order valence-electron chi connectivity index (χ1n) is 8.38. The third-order valence-electron chi connectivity index (χ3n) is 4.19. The highest BCUT2D eigenvalue weighted by Crippen LogP contribution is 2.17. The third-order valence-corrected chi connectivity index (χ3v) is 4.43. The first-order chi connectivity index (χ1) is 12.7. The van der Waals surface area contributed by atoms with E-state index in [1.807, 2.05) is 29.2 Å². The van der Waals surface area contributed by atoms with E-state index in [9.17, 15) is 10.1 Å². The Kier molecular flexibility index (Phi) is 5.77. The van der Waals surface area contributed by atoms with Crippen LogP contribution in [0, 0.1) is 11.3 Å². The molecule has 0 saturated carbocycles. The molecule has 0 unspecified atom stereocenters. The summed E-state index contributed by atoms with van der Waals surface area (Å²) in [6.45, 7) is 3.19. The summed E-state index contributed by atoms with van der Waals surface area (Å²) in [6, 6.07) is 19.1. The maximum Gasteiger partial charge on any atom is 0.267 e. The first kappa shape index (κ1) is 17.8. The predicted octanol–water partition coefficient (Wildman–Crippen LogP) is 3.51. The fraction of sp³-hybridized carbons (Fsp3) is 0.200. The third kappa shape index (κ3) is 4.56. The molecule has 26 heavy (non-hydrogen) atoms.